The minimum atomic E-state index is -0.00787. The van der Waals surface area contributed by atoms with E-state index in [4.69, 9.17) is 0 Å². The van der Waals surface area contributed by atoms with Gasteiger partial charge in [0.05, 0.1) is 0 Å². The van der Waals surface area contributed by atoms with Crippen molar-refractivity contribution in [2.45, 2.75) is 12.5 Å². The predicted octanol–water partition coefficient (Wildman–Crippen LogP) is 1.60. The number of carbonyl (C=O) groups is 1. The summed E-state index contributed by atoms with van der Waals surface area (Å²) in [5, 5.41) is 4.15. The van der Waals surface area contributed by atoms with Crippen molar-refractivity contribution in [2.75, 3.05) is 20.1 Å². The molecule has 3 rings (SSSR count). The van der Waals surface area contributed by atoms with Gasteiger partial charge in [-0.1, -0.05) is 18.2 Å². The molecule has 1 fully saturated rings. The molecule has 0 spiro atoms. The lowest BCUT2D eigenvalue weighted by Crippen LogP contribution is -2.36. The maximum absolute atomic E-state index is 12.1. The van der Waals surface area contributed by atoms with E-state index in [0.717, 1.165) is 30.4 Å². The lowest BCUT2D eigenvalue weighted by Gasteiger charge is -2.11. The molecular formula is C14H17N3O. The van der Waals surface area contributed by atoms with E-state index in [2.05, 4.69) is 22.2 Å². The molecule has 0 radical (unpaired) electrons. The van der Waals surface area contributed by atoms with Gasteiger partial charge in [-0.2, -0.15) is 0 Å². The predicted molar refractivity (Wildman–Crippen MR) is 71.7 cm³/mol. The number of likely N-dealkylation sites (tertiary alicyclic amines) is 1. The number of nitrogens with zero attached hydrogens (tertiary/aromatic N) is 1. The largest absolute Gasteiger partial charge is 0.351 e. The molecule has 1 atom stereocenters. The van der Waals surface area contributed by atoms with Crippen LogP contribution in [0.15, 0.2) is 30.3 Å². The van der Waals surface area contributed by atoms with Crippen molar-refractivity contribution in [3.05, 3.63) is 36.0 Å². The minimum absolute atomic E-state index is 0.00787. The molecule has 1 amide bonds. The normalized spacial score (nSPS) is 20.4. The third kappa shape index (κ3) is 2.11. The van der Waals surface area contributed by atoms with Gasteiger partial charge < -0.3 is 15.2 Å². The number of nitrogens with one attached hydrogen (secondary N) is 2. The number of benzene rings is 1. The molecule has 1 aromatic carbocycles. The number of para-hydroxylation sites is 1. The molecule has 4 heteroatoms. The van der Waals surface area contributed by atoms with Crippen LogP contribution in [0.3, 0.4) is 0 Å². The molecule has 4 nitrogen and oxygen atoms in total. The average Bonchev–Trinajstić information content (AvgIpc) is 2.95. The highest BCUT2D eigenvalue weighted by Gasteiger charge is 2.22. The SMILES string of the molecule is CN1CCC(NC(=O)c2cc3ccccc3[nH]2)C1. The van der Waals surface area contributed by atoms with Crippen LogP contribution in [0.2, 0.25) is 0 Å². The maximum Gasteiger partial charge on any atom is 0.267 e. The fourth-order valence-corrected chi connectivity index (χ4v) is 2.51. The highest BCUT2D eigenvalue weighted by molar-refractivity contribution is 5.98. The summed E-state index contributed by atoms with van der Waals surface area (Å²) in [7, 11) is 2.08. The van der Waals surface area contributed by atoms with E-state index in [-0.39, 0.29) is 11.9 Å². The van der Waals surface area contributed by atoms with Crippen LogP contribution in [-0.2, 0) is 0 Å². The van der Waals surface area contributed by atoms with Gasteiger partial charge in [-0.25, -0.2) is 0 Å². The van der Waals surface area contributed by atoms with Crippen molar-refractivity contribution in [3.63, 3.8) is 0 Å². The third-order valence-corrected chi connectivity index (χ3v) is 3.50. The Morgan fingerprint density at radius 3 is 3.00 bits per heavy atom. The standard InChI is InChI=1S/C14H17N3O/c1-17-7-6-11(9-17)15-14(18)13-8-10-4-2-3-5-12(10)16-13/h2-5,8,11,16H,6-7,9H2,1H3,(H,15,18). The van der Waals surface area contributed by atoms with Crippen molar-refractivity contribution in [2.24, 2.45) is 0 Å². The van der Waals surface area contributed by atoms with E-state index in [1.54, 1.807) is 0 Å². The molecule has 1 aliphatic rings. The third-order valence-electron chi connectivity index (χ3n) is 3.50. The molecule has 0 bridgehead atoms. The Balaban J connectivity index is 1.75. The van der Waals surface area contributed by atoms with Crippen LogP contribution in [0.4, 0.5) is 0 Å². The van der Waals surface area contributed by atoms with Crippen molar-refractivity contribution in [3.8, 4) is 0 Å². The van der Waals surface area contributed by atoms with E-state index < -0.39 is 0 Å². The van der Waals surface area contributed by atoms with Gasteiger partial charge >= 0.3 is 0 Å². The molecule has 0 saturated carbocycles. The smallest absolute Gasteiger partial charge is 0.267 e. The van der Waals surface area contributed by atoms with E-state index in [1.807, 2.05) is 30.3 Å². The number of fused-ring (bicyclic) bond motifs is 1. The minimum Gasteiger partial charge on any atom is -0.351 e. The Bertz CT molecular complexity index is 542. The second-order valence-electron chi connectivity index (χ2n) is 4.99. The van der Waals surface area contributed by atoms with Crippen LogP contribution in [0, 0.1) is 0 Å². The number of rotatable bonds is 2. The lowest BCUT2D eigenvalue weighted by molar-refractivity contribution is 0.0934. The summed E-state index contributed by atoms with van der Waals surface area (Å²) < 4.78 is 0. The topological polar surface area (TPSA) is 48.1 Å². The van der Waals surface area contributed by atoms with Crippen LogP contribution < -0.4 is 5.32 Å². The average molecular weight is 243 g/mol. The zero-order valence-corrected chi connectivity index (χ0v) is 10.4. The number of hydrogen-bond acceptors (Lipinski definition) is 2. The maximum atomic E-state index is 12.1. The van der Waals surface area contributed by atoms with Crippen molar-refractivity contribution >= 4 is 16.8 Å². The van der Waals surface area contributed by atoms with E-state index in [1.165, 1.54) is 0 Å². The molecule has 18 heavy (non-hydrogen) atoms. The number of amides is 1. The zero-order chi connectivity index (χ0) is 12.5. The summed E-state index contributed by atoms with van der Waals surface area (Å²) in [4.78, 5) is 17.5. The van der Waals surface area contributed by atoms with Gasteiger partial charge in [0.15, 0.2) is 0 Å². The summed E-state index contributed by atoms with van der Waals surface area (Å²) >= 11 is 0. The number of aromatic nitrogens is 1. The van der Waals surface area contributed by atoms with E-state index in [0.29, 0.717) is 5.69 Å². The zero-order valence-electron chi connectivity index (χ0n) is 10.4. The first-order chi connectivity index (χ1) is 8.72. The summed E-state index contributed by atoms with van der Waals surface area (Å²) in [5.41, 5.74) is 1.65. The summed E-state index contributed by atoms with van der Waals surface area (Å²) in [6, 6.07) is 10.1. The Labute approximate surface area is 106 Å². The number of carbonyl (C=O) groups excluding carboxylic acids is 1. The van der Waals surface area contributed by atoms with Crippen LogP contribution >= 0.6 is 0 Å². The van der Waals surface area contributed by atoms with Crippen LogP contribution in [0.5, 0.6) is 0 Å². The van der Waals surface area contributed by atoms with Gasteiger partial charge in [-0.05, 0) is 32.1 Å². The monoisotopic (exact) mass is 243 g/mol. The Hall–Kier alpha value is -1.81. The van der Waals surface area contributed by atoms with Crippen molar-refractivity contribution in [1.29, 1.82) is 0 Å². The van der Waals surface area contributed by atoms with Gasteiger partial charge in [-0.15, -0.1) is 0 Å². The van der Waals surface area contributed by atoms with Gasteiger partial charge in [-0.3, -0.25) is 4.79 Å². The first kappa shape index (κ1) is 11.3. The molecular weight excluding hydrogens is 226 g/mol. The van der Waals surface area contributed by atoms with Gasteiger partial charge in [0, 0.05) is 23.5 Å². The van der Waals surface area contributed by atoms with Crippen molar-refractivity contribution in [1.82, 2.24) is 15.2 Å². The quantitative estimate of drug-likeness (QED) is 0.841. The molecule has 2 heterocycles. The molecule has 0 aliphatic carbocycles. The molecule has 1 saturated heterocycles. The molecule has 1 unspecified atom stereocenters. The molecule has 1 aliphatic heterocycles. The molecule has 2 N–H and O–H groups in total. The van der Waals surface area contributed by atoms with Crippen LogP contribution in [0.1, 0.15) is 16.9 Å². The molecule has 2 aromatic rings. The Morgan fingerprint density at radius 1 is 1.44 bits per heavy atom. The van der Waals surface area contributed by atoms with Crippen LogP contribution in [-0.4, -0.2) is 42.0 Å². The van der Waals surface area contributed by atoms with Crippen molar-refractivity contribution < 1.29 is 4.79 Å². The molecule has 1 aromatic heterocycles. The highest BCUT2D eigenvalue weighted by atomic mass is 16.1. The highest BCUT2D eigenvalue weighted by Crippen LogP contribution is 2.15. The Morgan fingerprint density at radius 2 is 2.28 bits per heavy atom. The summed E-state index contributed by atoms with van der Waals surface area (Å²) in [5.74, 6) is -0.00787. The summed E-state index contributed by atoms with van der Waals surface area (Å²) in [6.07, 6.45) is 1.03. The first-order valence-electron chi connectivity index (χ1n) is 6.29. The summed E-state index contributed by atoms with van der Waals surface area (Å²) in [6.45, 7) is 1.99. The second-order valence-corrected chi connectivity index (χ2v) is 4.99. The van der Waals surface area contributed by atoms with Gasteiger partial charge in [0.2, 0.25) is 0 Å². The van der Waals surface area contributed by atoms with E-state index in [9.17, 15) is 4.79 Å². The molecule has 94 valence electrons. The fourth-order valence-electron chi connectivity index (χ4n) is 2.51. The van der Waals surface area contributed by atoms with Crippen LogP contribution in [0.25, 0.3) is 10.9 Å². The number of aromatic amines is 1. The number of likely N-dealkylation sites (N-methyl/N-ethyl adjacent to an activating group) is 1. The second kappa shape index (κ2) is 4.46. The lowest BCUT2D eigenvalue weighted by atomic mass is 10.2. The van der Waals surface area contributed by atoms with E-state index >= 15 is 0 Å². The number of hydrogen-bond donors (Lipinski definition) is 2. The first-order valence-corrected chi connectivity index (χ1v) is 6.29. The Kier molecular flexibility index (Phi) is 2.80. The van der Waals surface area contributed by atoms with Gasteiger partial charge in [0.1, 0.15) is 5.69 Å². The van der Waals surface area contributed by atoms with Gasteiger partial charge in [0.25, 0.3) is 5.91 Å². The fraction of sp³-hybridized carbons (Fsp3) is 0.357. The number of H-pyrrole nitrogens is 1.